The Balaban J connectivity index is 1.66. The fraction of sp³-hybridized carbons (Fsp3) is 0.294. The second kappa shape index (κ2) is 8.04. The summed E-state index contributed by atoms with van der Waals surface area (Å²) in [6.07, 6.45) is 3.62. The van der Waals surface area contributed by atoms with Gasteiger partial charge in [-0.25, -0.2) is 4.79 Å². The third-order valence-electron chi connectivity index (χ3n) is 3.25. The first kappa shape index (κ1) is 15.0. The molecule has 0 aliphatic rings. The number of amides is 2. The number of nitrogens with zero attached hydrogens (tertiary/aromatic N) is 1. The fourth-order valence-electron chi connectivity index (χ4n) is 2.09. The predicted molar refractivity (Wildman–Crippen MR) is 83.9 cm³/mol. The van der Waals surface area contributed by atoms with Crippen LogP contribution >= 0.6 is 0 Å². The number of pyridine rings is 1. The molecular formula is C17H21N3O. The number of carbonyl (C=O) groups excluding carboxylic acids is 1. The Labute approximate surface area is 125 Å². The molecule has 0 bridgehead atoms. The Bertz CT molecular complexity index is 542. The predicted octanol–water partition coefficient (Wildman–Crippen LogP) is 3.07. The number of hydrogen-bond acceptors (Lipinski definition) is 2. The minimum atomic E-state index is -0.152. The fourth-order valence-corrected chi connectivity index (χ4v) is 2.09. The zero-order valence-electron chi connectivity index (χ0n) is 12.3. The van der Waals surface area contributed by atoms with E-state index < -0.39 is 0 Å². The highest BCUT2D eigenvalue weighted by Crippen LogP contribution is 2.07. The number of carbonyl (C=O) groups is 1. The summed E-state index contributed by atoms with van der Waals surface area (Å²) in [6.45, 7) is 2.58. The number of benzene rings is 1. The molecule has 0 saturated carbocycles. The molecule has 0 aliphatic heterocycles. The first-order valence-electron chi connectivity index (χ1n) is 7.25. The zero-order chi connectivity index (χ0) is 14.9. The topological polar surface area (TPSA) is 54.0 Å². The van der Waals surface area contributed by atoms with Gasteiger partial charge in [0.15, 0.2) is 0 Å². The second-order valence-electron chi connectivity index (χ2n) is 4.97. The van der Waals surface area contributed by atoms with E-state index in [1.54, 1.807) is 6.20 Å². The van der Waals surface area contributed by atoms with Crippen LogP contribution in [-0.2, 0) is 6.42 Å². The van der Waals surface area contributed by atoms with E-state index in [1.165, 1.54) is 5.56 Å². The number of nitrogens with one attached hydrogen (secondary N) is 2. The number of urea groups is 1. The molecule has 2 aromatic rings. The van der Waals surface area contributed by atoms with Crippen LogP contribution in [0.4, 0.5) is 4.79 Å². The van der Waals surface area contributed by atoms with Crippen molar-refractivity contribution in [2.24, 2.45) is 0 Å². The largest absolute Gasteiger partial charge is 0.338 e. The molecule has 0 aliphatic carbocycles. The van der Waals surface area contributed by atoms with E-state index in [4.69, 9.17) is 0 Å². The molecule has 4 heteroatoms. The van der Waals surface area contributed by atoms with E-state index in [-0.39, 0.29) is 12.1 Å². The average molecular weight is 283 g/mol. The quantitative estimate of drug-likeness (QED) is 0.800. The van der Waals surface area contributed by atoms with Crippen LogP contribution < -0.4 is 10.6 Å². The summed E-state index contributed by atoms with van der Waals surface area (Å²) in [5, 5.41) is 5.76. The van der Waals surface area contributed by atoms with Gasteiger partial charge in [-0.1, -0.05) is 36.4 Å². The molecule has 0 spiro atoms. The van der Waals surface area contributed by atoms with E-state index >= 15 is 0 Å². The van der Waals surface area contributed by atoms with Crippen molar-refractivity contribution in [3.8, 4) is 0 Å². The van der Waals surface area contributed by atoms with Gasteiger partial charge in [-0.05, 0) is 37.5 Å². The summed E-state index contributed by atoms with van der Waals surface area (Å²) in [5.41, 5.74) is 2.15. The Morgan fingerprint density at radius 2 is 1.90 bits per heavy atom. The van der Waals surface area contributed by atoms with Gasteiger partial charge in [-0.3, -0.25) is 4.98 Å². The number of hydrogen-bond donors (Lipinski definition) is 2. The smallest absolute Gasteiger partial charge is 0.315 e. The lowest BCUT2D eigenvalue weighted by molar-refractivity contribution is 0.237. The summed E-state index contributed by atoms with van der Waals surface area (Å²) < 4.78 is 0. The van der Waals surface area contributed by atoms with Crippen LogP contribution in [0.5, 0.6) is 0 Å². The average Bonchev–Trinajstić information content (AvgIpc) is 2.53. The maximum atomic E-state index is 11.8. The lowest BCUT2D eigenvalue weighted by Crippen LogP contribution is -2.37. The normalized spacial score (nSPS) is 11.7. The third-order valence-corrected chi connectivity index (χ3v) is 3.25. The minimum absolute atomic E-state index is 0.0969. The summed E-state index contributed by atoms with van der Waals surface area (Å²) in [4.78, 5) is 16.0. The molecule has 0 saturated heterocycles. The van der Waals surface area contributed by atoms with Crippen LogP contribution in [0, 0.1) is 0 Å². The van der Waals surface area contributed by atoms with E-state index in [1.807, 2.05) is 43.3 Å². The summed E-state index contributed by atoms with van der Waals surface area (Å²) in [5.74, 6) is 0. The molecule has 2 amide bonds. The zero-order valence-corrected chi connectivity index (χ0v) is 12.3. The lowest BCUT2D eigenvalue weighted by Gasteiger charge is -2.14. The molecule has 1 heterocycles. The minimum Gasteiger partial charge on any atom is -0.338 e. The van der Waals surface area contributed by atoms with Gasteiger partial charge in [0, 0.05) is 12.7 Å². The van der Waals surface area contributed by atoms with E-state index in [0.29, 0.717) is 6.54 Å². The Kier molecular flexibility index (Phi) is 5.76. The van der Waals surface area contributed by atoms with Gasteiger partial charge < -0.3 is 10.6 Å². The van der Waals surface area contributed by atoms with Crippen LogP contribution in [0.1, 0.15) is 30.6 Å². The van der Waals surface area contributed by atoms with Gasteiger partial charge in [-0.15, -0.1) is 0 Å². The molecule has 1 aromatic carbocycles. The standard InChI is InChI=1S/C17H21N3O/c1-14(16-11-5-6-12-18-16)20-17(21)19-13-7-10-15-8-3-2-4-9-15/h2-6,8-9,11-12,14H,7,10,13H2,1H3,(H2,19,20,21)/t14-/m1/s1. The first-order valence-corrected chi connectivity index (χ1v) is 7.25. The Morgan fingerprint density at radius 1 is 1.14 bits per heavy atom. The molecule has 2 rings (SSSR count). The highest BCUT2D eigenvalue weighted by atomic mass is 16.2. The van der Waals surface area contributed by atoms with Crippen molar-refractivity contribution in [2.75, 3.05) is 6.54 Å². The van der Waals surface area contributed by atoms with Gasteiger partial charge in [0.2, 0.25) is 0 Å². The third kappa shape index (κ3) is 5.26. The summed E-state index contributed by atoms with van der Waals surface area (Å²) in [7, 11) is 0. The van der Waals surface area contributed by atoms with Crippen molar-refractivity contribution in [1.29, 1.82) is 0 Å². The van der Waals surface area contributed by atoms with Crippen molar-refractivity contribution in [1.82, 2.24) is 15.6 Å². The van der Waals surface area contributed by atoms with Crippen molar-refractivity contribution in [2.45, 2.75) is 25.8 Å². The molecule has 0 fully saturated rings. The molecule has 1 atom stereocenters. The first-order chi connectivity index (χ1) is 10.3. The van der Waals surface area contributed by atoms with Crippen LogP contribution in [0.2, 0.25) is 0 Å². The van der Waals surface area contributed by atoms with Crippen LogP contribution in [0.3, 0.4) is 0 Å². The van der Waals surface area contributed by atoms with Crippen molar-refractivity contribution in [3.63, 3.8) is 0 Å². The summed E-state index contributed by atoms with van der Waals surface area (Å²) >= 11 is 0. The van der Waals surface area contributed by atoms with Gasteiger partial charge in [0.25, 0.3) is 0 Å². The van der Waals surface area contributed by atoms with Crippen molar-refractivity contribution >= 4 is 6.03 Å². The number of rotatable bonds is 6. The number of aryl methyl sites for hydroxylation is 1. The maximum absolute atomic E-state index is 11.8. The molecule has 110 valence electrons. The van der Waals surface area contributed by atoms with Crippen molar-refractivity contribution in [3.05, 3.63) is 66.0 Å². The second-order valence-corrected chi connectivity index (χ2v) is 4.97. The van der Waals surface area contributed by atoms with Gasteiger partial charge in [-0.2, -0.15) is 0 Å². The lowest BCUT2D eigenvalue weighted by atomic mass is 10.1. The van der Waals surface area contributed by atoms with Gasteiger partial charge in [0.1, 0.15) is 0 Å². The van der Waals surface area contributed by atoms with E-state index in [9.17, 15) is 4.79 Å². The highest BCUT2D eigenvalue weighted by molar-refractivity contribution is 5.74. The maximum Gasteiger partial charge on any atom is 0.315 e. The van der Waals surface area contributed by atoms with Crippen LogP contribution in [0.25, 0.3) is 0 Å². The monoisotopic (exact) mass is 283 g/mol. The van der Waals surface area contributed by atoms with Gasteiger partial charge in [0.05, 0.1) is 11.7 Å². The van der Waals surface area contributed by atoms with Crippen LogP contribution in [0.15, 0.2) is 54.7 Å². The molecular weight excluding hydrogens is 262 g/mol. The van der Waals surface area contributed by atoms with Crippen molar-refractivity contribution < 1.29 is 4.79 Å². The Morgan fingerprint density at radius 3 is 2.62 bits per heavy atom. The Hall–Kier alpha value is -2.36. The molecule has 1 aromatic heterocycles. The molecule has 2 N–H and O–H groups in total. The molecule has 0 unspecified atom stereocenters. The number of aromatic nitrogens is 1. The van der Waals surface area contributed by atoms with Crippen LogP contribution in [-0.4, -0.2) is 17.6 Å². The molecule has 4 nitrogen and oxygen atoms in total. The highest BCUT2D eigenvalue weighted by Gasteiger charge is 2.09. The van der Waals surface area contributed by atoms with Gasteiger partial charge >= 0.3 is 6.03 Å². The molecule has 0 radical (unpaired) electrons. The van der Waals surface area contributed by atoms with E-state index in [2.05, 4.69) is 27.8 Å². The molecule has 21 heavy (non-hydrogen) atoms. The summed E-state index contributed by atoms with van der Waals surface area (Å²) in [6, 6.07) is 15.7. The van der Waals surface area contributed by atoms with E-state index in [0.717, 1.165) is 18.5 Å². The SMILES string of the molecule is C[C@@H](NC(=O)NCCCc1ccccc1)c1ccccn1.